The summed E-state index contributed by atoms with van der Waals surface area (Å²) in [6.07, 6.45) is 5.71. The van der Waals surface area contributed by atoms with E-state index in [2.05, 4.69) is 30.2 Å². The van der Waals surface area contributed by atoms with Crippen LogP contribution < -0.4 is 5.32 Å². The van der Waals surface area contributed by atoms with Crippen molar-refractivity contribution in [2.45, 2.75) is 37.9 Å². The summed E-state index contributed by atoms with van der Waals surface area (Å²) in [7, 11) is 0. The fourth-order valence-corrected chi connectivity index (χ4v) is 4.32. The van der Waals surface area contributed by atoms with Crippen LogP contribution in [0.25, 0.3) is 17.1 Å². The Morgan fingerprint density at radius 2 is 1.84 bits per heavy atom. The van der Waals surface area contributed by atoms with E-state index in [1.807, 2.05) is 56.3 Å². The van der Waals surface area contributed by atoms with Crippen LogP contribution in [0, 0.1) is 13.8 Å². The van der Waals surface area contributed by atoms with Gasteiger partial charge in [0.2, 0.25) is 5.91 Å². The van der Waals surface area contributed by atoms with Gasteiger partial charge < -0.3 is 5.32 Å². The van der Waals surface area contributed by atoms with Crippen molar-refractivity contribution >= 4 is 23.5 Å². The van der Waals surface area contributed by atoms with Crippen LogP contribution in [0.2, 0.25) is 0 Å². The Kier molecular flexibility index (Phi) is 5.48. The number of hydrogen-bond donors (Lipinski definition) is 1. The van der Waals surface area contributed by atoms with Gasteiger partial charge in [-0.1, -0.05) is 29.5 Å². The van der Waals surface area contributed by atoms with Gasteiger partial charge in [0.1, 0.15) is 5.82 Å². The van der Waals surface area contributed by atoms with Crippen molar-refractivity contribution in [1.82, 2.24) is 29.5 Å². The second kappa shape index (κ2) is 8.58. The fraction of sp³-hybridized carbons (Fsp3) is 0.261. The number of hydrogen-bond acceptors (Lipinski definition) is 6. The molecular weight excluding hydrogens is 422 g/mol. The minimum absolute atomic E-state index is 0.112. The summed E-state index contributed by atoms with van der Waals surface area (Å²) in [5, 5.41) is 17.0. The van der Waals surface area contributed by atoms with E-state index in [0.717, 1.165) is 40.8 Å². The first-order valence-corrected chi connectivity index (χ1v) is 11.5. The lowest BCUT2D eigenvalue weighted by molar-refractivity contribution is -0.113. The van der Waals surface area contributed by atoms with Gasteiger partial charge in [0, 0.05) is 30.1 Å². The first-order chi connectivity index (χ1) is 15.6. The summed E-state index contributed by atoms with van der Waals surface area (Å²) >= 11 is 1.40. The number of rotatable bonds is 7. The van der Waals surface area contributed by atoms with Gasteiger partial charge in [-0.3, -0.25) is 14.3 Å². The summed E-state index contributed by atoms with van der Waals surface area (Å²) in [6.45, 7) is 3.95. The van der Waals surface area contributed by atoms with Crippen LogP contribution in [-0.4, -0.2) is 41.2 Å². The van der Waals surface area contributed by atoms with Crippen LogP contribution in [0.1, 0.15) is 30.1 Å². The van der Waals surface area contributed by atoms with Gasteiger partial charge in [0.05, 0.1) is 17.1 Å². The highest BCUT2D eigenvalue weighted by Crippen LogP contribution is 2.41. The zero-order valence-corrected chi connectivity index (χ0v) is 18.7. The molecule has 1 aliphatic rings. The second-order valence-corrected chi connectivity index (χ2v) is 8.84. The van der Waals surface area contributed by atoms with Gasteiger partial charge in [-0.05, 0) is 51.0 Å². The monoisotopic (exact) mass is 445 g/mol. The standard InChI is InChI=1S/C23H23N7OS/c1-15-3-5-19(6-4-15)30-20(13-16(2)28-30)25-21(31)14-32-23-27-26-22(29(23)18-7-8-18)17-9-11-24-12-10-17/h3-6,9-13,18H,7-8,14H2,1-2H3,(H,25,31). The molecule has 0 spiro atoms. The first kappa shape index (κ1) is 20.4. The third kappa shape index (κ3) is 4.29. The van der Waals surface area contributed by atoms with E-state index >= 15 is 0 Å². The molecular formula is C23H23N7OS. The number of aryl methyl sites for hydroxylation is 2. The third-order valence-electron chi connectivity index (χ3n) is 5.22. The predicted octanol–water partition coefficient (Wildman–Crippen LogP) is 4.21. The zero-order chi connectivity index (χ0) is 22.1. The Morgan fingerprint density at radius 3 is 2.56 bits per heavy atom. The molecule has 1 N–H and O–H groups in total. The SMILES string of the molecule is Cc1ccc(-n2nc(C)cc2NC(=O)CSc2nnc(-c3ccncc3)n2C2CC2)cc1. The number of aromatic nitrogens is 6. The summed E-state index contributed by atoms with van der Waals surface area (Å²) in [5.41, 5.74) is 3.89. The first-order valence-electron chi connectivity index (χ1n) is 10.5. The van der Waals surface area contributed by atoms with E-state index in [9.17, 15) is 4.79 Å². The molecule has 9 heteroatoms. The largest absolute Gasteiger partial charge is 0.310 e. The van der Waals surface area contributed by atoms with Gasteiger partial charge in [-0.25, -0.2) is 4.68 Å². The molecule has 3 aromatic heterocycles. The summed E-state index contributed by atoms with van der Waals surface area (Å²) in [5.74, 6) is 1.60. The number of amides is 1. The van der Waals surface area contributed by atoms with Crippen LogP contribution in [0.4, 0.5) is 5.82 Å². The molecule has 0 aliphatic heterocycles. The number of anilines is 1. The number of nitrogens with one attached hydrogen (secondary N) is 1. The van der Waals surface area contributed by atoms with E-state index in [1.165, 1.54) is 17.3 Å². The molecule has 162 valence electrons. The van der Waals surface area contributed by atoms with Gasteiger partial charge in [-0.15, -0.1) is 10.2 Å². The molecule has 1 aromatic carbocycles. The lowest BCUT2D eigenvalue weighted by Crippen LogP contribution is -2.17. The minimum atomic E-state index is -0.112. The highest BCUT2D eigenvalue weighted by molar-refractivity contribution is 7.99. The molecule has 32 heavy (non-hydrogen) atoms. The van der Waals surface area contributed by atoms with Crippen molar-refractivity contribution in [3.8, 4) is 17.1 Å². The number of thioether (sulfide) groups is 1. The third-order valence-corrected chi connectivity index (χ3v) is 6.17. The molecule has 0 radical (unpaired) electrons. The van der Waals surface area contributed by atoms with Gasteiger partial charge >= 0.3 is 0 Å². The maximum absolute atomic E-state index is 12.8. The number of carbonyl (C=O) groups is 1. The van der Waals surface area contributed by atoms with E-state index in [1.54, 1.807) is 17.1 Å². The summed E-state index contributed by atoms with van der Waals surface area (Å²) in [4.78, 5) is 16.8. The van der Waals surface area contributed by atoms with E-state index < -0.39 is 0 Å². The normalized spacial score (nSPS) is 13.3. The molecule has 0 bridgehead atoms. The highest BCUT2D eigenvalue weighted by Gasteiger charge is 2.30. The number of nitrogens with zero attached hydrogens (tertiary/aromatic N) is 6. The predicted molar refractivity (Wildman–Crippen MR) is 124 cm³/mol. The van der Waals surface area contributed by atoms with Gasteiger partial charge in [0.15, 0.2) is 11.0 Å². The molecule has 3 heterocycles. The van der Waals surface area contributed by atoms with E-state index in [4.69, 9.17) is 0 Å². The Morgan fingerprint density at radius 1 is 1.09 bits per heavy atom. The van der Waals surface area contributed by atoms with E-state index in [0.29, 0.717) is 11.9 Å². The number of benzene rings is 1. The smallest absolute Gasteiger partial charge is 0.236 e. The average Bonchev–Trinajstić information content (AvgIpc) is 3.45. The summed E-state index contributed by atoms with van der Waals surface area (Å²) in [6, 6.07) is 14.2. The quantitative estimate of drug-likeness (QED) is 0.429. The number of pyridine rings is 1. The minimum Gasteiger partial charge on any atom is -0.310 e. The Balaban J connectivity index is 1.31. The molecule has 1 fully saturated rings. The lowest BCUT2D eigenvalue weighted by Gasteiger charge is -2.10. The van der Waals surface area contributed by atoms with Crippen molar-refractivity contribution < 1.29 is 4.79 Å². The Labute approximate surface area is 190 Å². The van der Waals surface area contributed by atoms with Gasteiger partial charge in [-0.2, -0.15) is 5.10 Å². The second-order valence-electron chi connectivity index (χ2n) is 7.90. The highest BCUT2D eigenvalue weighted by atomic mass is 32.2. The van der Waals surface area contributed by atoms with Crippen molar-refractivity contribution in [2.24, 2.45) is 0 Å². The maximum Gasteiger partial charge on any atom is 0.236 e. The zero-order valence-electron chi connectivity index (χ0n) is 17.9. The molecule has 0 saturated heterocycles. The molecule has 8 nitrogen and oxygen atoms in total. The fourth-order valence-electron chi connectivity index (χ4n) is 3.52. The molecule has 0 unspecified atom stereocenters. The molecule has 1 amide bonds. The molecule has 1 aliphatic carbocycles. The van der Waals surface area contributed by atoms with Crippen LogP contribution in [-0.2, 0) is 4.79 Å². The maximum atomic E-state index is 12.8. The Hall–Kier alpha value is -3.46. The summed E-state index contributed by atoms with van der Waals surface area (Å²) < 4.78 is 3.90. The number of carbonyl (C=O) groups excluding carboxylic acids is 1. The molecule has 5 rings (SSSR count). The van der Waals surface area contributed by atoms with E-state index in [-0.39, 0.29) is 11.7 Å². The van der Waals surface area contributed by atoms with Crippen LogP contribution in [0.5, 0.6) is 0 Å². The van der Waals surface area contributed by atoms with Crippen molar-refractivity contribution in [2.75, 3.05) is 11.1 Å². The van der Waals surface area contributed by atoms with Gasteiger partial charge in [0.25, 0.3) is 0 Å². The molecule has 0 atom stereocenters. The lowest BCUT2D eigenvalue weighted by atomic mass is 10.2. The van der Waals surface area contributed by atoms with Crippen LogP contribution >= 0.6 is 11.8 Å². The van der Waals surface area contributed by atoms with Crippen molar-refractivity contribution in [1.29, 1.82) is 0 Å². The molecule has 4 aromatic rings. The van der Waals surface area contributed by atoms with Crippen LogP contribution in [0.15, 0.2) is 60.0 Å². The van der Waals surface area contributed by atoms with Crippen LogP contribution in [0.3, 0.4) is 0 Å². The average molecular weight is 446 g/mol. The van der Waals surface area contributed by atoms with Crippen molar-refractivity contribution in [3.05, 3.63) is 66.1 Å². The molecule has 1 saturated carbocycles. The van der Waals surface area contributed by atoms with Crippen molar-refractivity contribution in [3.63, 3.8) is 0 Å². The topological polar surface area (TPSA) is 90.5 Å². The Bertz CT molecular complexity index is 1240.